The van der Waals surface area contributed by atoms with Crippen LogP contribution in [0.1, 0.15) is 19.3 Å². The highest BCUT2D eigenvalue weighted by Gasteiger charge is 2.48. The number of hydrogen-bond donors (Lipinski definition) is 5. The van der Waals surface area contributed by atoms with Crippen molar-refractivity contribution >= 4 is 5.97 Å². The maximum atomic E-state index is 11.9. The van der Waals surface area contributed by atoms with Gasteiger partial charge < -0.3 is 19.3 Å². The largest absolute Gasteiger partial charge is 0.457 e. The molecule has 5 atom stereocenters. The van der Waals surface area contributed by atoms with Crippen LogP contribution in [0.4, 0.5) is 0 Å². The maximum absolute atomic E-state index is 11.9. The molecule has 0 bridgehead atoms. The highest BCUT2D eigenvalue weighted by atomic mass is 17.1. The minimum Gasteiger partial charge on any atom is -0.457 e. The topological polar surface area (TPSA) is 171 Å². The van der Waals surface area contributed by atoms with E-state index < -0.39 is 53.9 Å². The molecule has 1 unspecified atom stereocenters. The molecule has 13 nitrogen and oxygen atoms in total. The van der Waals surface area contributed by atoms with Gasteiger partial charge in [-0.3, -0.25) is 25.6 Å². The molecule has 2 heterocycles. The van der Waals surface area contributed by atoms with E-state index in [1.807, 2.05) is 0 Å². The van der Waals surface area contributed by atoms with Crippen molar-refractivity contribution in [2.75, 3.05) is 19.8 Å². The first-order valence-corrected chi connectivity index (χ1v) is 7.63. The first-order valence-electron chi connectivity index (χ1n) is 7.63. The molecule has 2 fully saturated rings. The zero-order valence-corrected chi connectivity index (χ0v) is 13.2. The minimum atomic E-state index is -0.961. The SMILES string of the molecule is O=C(CCCC(CON(O)O)ON(O)O)O[C@@H]1CO[C@H]2[C@@H]1OC[C@H]2O. The zero-order valence-electron chi connectivity index (χ0n) is 13.2. The average Bonchev–Trinajstić information content (AvgIpc) is 3.08. The summed E-state index contributed by atoms with van der Waals surface area (Å²) in [5.41, 5.74) is 0. The molecule has 0 spiro atoms. The van der Waals surface area contributed by atoms with Crippen LogP contribution in [0.3, 0.4) is 0 Å². The third-order valence-electron chi connectivity index (χ3n) is 3.79. The Morgan fingerprint density at radius 2 is 1.84 bits per heavy atom. The van der Waals surface area contributed by atoms with E-state index in [-0.39, 0.29) is 32.5 Å². The fourth-order valence-corrected chi connectivity index (χ4v) is 2.70. The number of esters is 1. The summed E-state index contributed by atoms with van der Waals surface area (Å²) in [6.07, 6.45) is -2.90. The van der Waals surface area contributed by atoms with Gasteiger partial charge in [-0.25, -0.2) is 9.68 Å². The lowest BCUT2D eigenvalue weighted by molar-refractivity contribution is -0.527. The van der Waals surface area contributed by atoms with Crippen molar-refractivity contribution in [3.63, 3.8) is 0 Å². The molecule has 0 amide bonds. The molecular formula is C12H22N2O11. The molecule has 0 saturated carbocycles. The third kappa shape index (κ3) is 6.36. The van der Waals surface area contributed by atoms with Gasteiger partial charge in [0.2, 0.25) is 0 Å². The monoisotopic (exact) mass is 370 g/mol. The molecular weight excluding hydrogens is 348 g/mol. The van der Waals surface area contributed by atoms with Crippen LogP contribution in [0.5, 0.6) is 0 Å². The Kier molecular flexibility index (Phi) is 7.85. The number of nitrogens with zero attached hydrogens (tertiary/aromatic N) is 2. The maximum Gasteiger partial charge on any atom is 0.306 e. The predicted octanol–water partition coefficient (Wildman–Crippen LogP) is -1.38. The normalized spacial score (nSPS) is 30.0. The average molecular weight is 370 g/mol. The van der Waals surface area contributed by atoms with Crippen LogP contribution >= 0.6 is 0 Å². The van der Waals surface area contributed by atoms with E-state index >= 15 is 0 Å². The minimum absolute atomic E-state index is 0.00484. The van der Waals surface area contributed by atoms with Crippen molar-refractivity contribution in [1.29, 1.82) is 0 Å². The summed E-state index contributed by atoms with van der Waals surface area (Å²) >= 11 is 0. The molecule has 13 heteroatoms. The van der Waals surface area contributed by atoms with Crippen LogP contribution < -0.4 is 0 Å². The third-order valence-corrected chi connectivity index (χ3v) is 3.79. The standard InChI is InChI=1S/C12H22N2O11/c15-8-5-21-12-9(6-22-11(8)12)24-10(16)3-1-2-7(25-14(19)20)4-23-13(17)18/h7-9,11-12,15,17-20H,1-6H2/t7?,8-,9-,11-,12-/m1/s1. The smallest absolute Gasteiger partial charge is 0.306 e. The number of aliphatic hydroxyl groups is 1. The predicted molar refractivity (Wildman–Crippen MR) is 70.9 cm³/mol. The Morgan fingerprint density at radius 3 is 2.52 bits per heavy atom. The van der Waals surface area contributed by atoms with Crippen LogP contribution in [0.2, 0.25) is 0 Å². The lowest BCUT2D eigenvalue weighted by Crippen LogP contribution is -2.34. The Balaban J connectivity index is 1.68. The van der Waals surface area contributed by atoms with Crippen molar-refractivity contribution in [3.8, 4) is 0 Å². The Morgan fingerprint density at radius 1 is 1.12 bits per heavy atom. The van der Waals surface area contributed by atoms with Gasteiger partial charge in [-0.2, -0.15) is 0 Å². The quantitative estimate of drug-likeness (QED) is 0.225. The van der Waals surface area contributed by atoms with Gasteiger partial charge in [0.25, 0.3) is 0 Å². The molecule has 2 rings (SSSR count). The number of hydrogen-bond acceptors (Lipinski definition) is 13. The molecule has 25 heavy (non-hydrogen) atoms. The summed E-state index contributed by atoms with van der Waals surface area (Å²) in [5, 5.41) is 42.7. The molecule has 0 radical (unpaired) electrons. The van der Waals surface area contributed by atoms with Crippen molar-refractivity contribution in [3.05, 3.63) is 0 Å². The van der Waals surface area contributed by atoms with Gasteiger partial charge >= 0.3 is 5.97 Å². The highest BCUT2D eigenvalue weighted by molar-refractivity contribution is 5.69. The van der Waals surface area contributed by atoms with Crippen molar-refractivity contribution in [2.24, 2.45) is 0 Å². The number of ether oxygens (including phenoxy) is 3. The Hall–Kier alpha value is -0.970. The van der Waals surface area contributed by atoms with Gasteiger partial charge in [0.05, 0.1) is 24.0 Å². The summed E-state index contributed by atoms with van der Waals surface area (Å²) < 4.78 is 15.9. The van der Waals surface area contributed by atoms with Crippen molar-refractivity contribution < 1.29 is 54.6 Å². The van der Waals surface area contributed by atoms with Crippen LogP contribution in [0, 0.1) is 0 Å². The van der Waals surface area contributed by atoms with E-state index in [2.05, 4.69) is 9.68 Å². The zero-order chi connectivity index (χ0) is 18.4. The van der Waals surface area contributed by atoms with Gasteiger partial charge in [0, 0.05) is 6.42 Å². The fraction of sp³-hybridized carbons (Fsp3) is 0.917. The van der Waals surface area contributed by atoms with Gasteiger partial charge in [0.1, 0.15) is 31.0 Å². The summed E-state index contributed by atoms with van der Waals surface area (Å²) in [5.74, 6) is -0.519. The molecule has 0 aliphatic carbocycles. The summed E-state index contributed by atoms with van der Waals surface area (Å²) in [4.78, 5) is 20.7. The van der Waals surface area contributed by atoms with Crippen molar-refractivity contribution in [1.82, 2.24) is 10.8 Å². The van der Waals surface area contributed by atoms with Crippen molar-refractivity contribution in [2.45, 2.75) is 49.8 Å². The molecule has 0 aromatic heterocycles. The number of fused-ring (bicyclic) bond motifs is 1. The molecule has 0 aromatic carbocycles. The number of carbonyl (C=O) groups is 1. The first-order chi connectivity index (χ1) is 11.9. The number of rotatable bonds is 10. The second-order valence-corrected chi connectivity index (χ2v) is 5.61. The van der Waals surface area contributed by atoms with Crippen LogP contribution in [-0.2, 0) is 28.7 Å². The molecule has 2 aliphatic heterocycles. The summed E-state index contributed by atoms with van der Waals surface area (Å²) in [6, 6.07) is 0. The van der Waals surface area contributed by atoms with Gasteiger partial charge in [-0.15, -0.1) is 0 Å². The summed E-state index contributed by atoms with van der Waals surface area (Å²) in [6.45, 7) is -0.135. The highest BCUT2D eigenvalue weighted by Crippen LogP contribution is 2.29. The lowest BCUT2D eigenvalue weighted by atomic mass is 10.1. The van der Waals surface area contributed by atoms with E-state index in [0.717, 1.165) is 0 Å². The van der Waals surface area contributed by atoms with E-state index in [0.29, 0.717) is 0 Å². The fourth-order valence-electron chi connectivity index (χ4n) is 2.70. The van der Waals surface area contributed by atoms with Gasteiger partial charge in [-0.1, -0.05) is 0 Å². The molecule has 0 aromatic rings. The van der Waals surface area contributed by atoms with E-state index in [4.69, 9.17) is 35.0 Å². The van der Waals surface area contributed by atoms with E-state index in [1.165, 1.54) is 0 Å². The number of carbonyl (C=O) groups excluding carboxylic acids is 1. The Bertz CT molecular complexity index is 424. The molecule has 2 aliphatic rings. The lowest BCUT2D eigenvalue weighted by Gasteiger charge is -2.19. The second kappa shape index (κ2) is 9.65. The first kappa shape index (κ1) is 20.3. The van der Waals surface area contributed by atoms with E-state index in [9.17, 15) is 9.90 Å². The van der Waals surface area contributed by atoms with Crippen LogP contribution in [0.25, 0.3) is 0 Å². The van der Waals surface area contributed by atoms with E-state index in [1.54, 1.807) is 0 Å². The Labute approximate surface area is 142 Å². The van der Waals surface area contributed by atoms with Gasteiger partial charge in [-0.05, 0) is 12.8 Å². The molecule has 5 N–H and O–H groups in total. The van der Waals surface area contributed by atoms with Crippen LogP contribution in [0.15, 0.2) is 0 Å². The molecule has 2 saturated heterocycles. The summed E-state index contributed by atoms with van der Waals surface area (Å²) in [7, 11) is 0. The van der Waals surface area contributed by atoms with Gasteiger partial charge in [0.15, 0.2) is 6.10 Å². The number of aliphatic hydroxyl groups excluding tert-OH is 1. The second-order valence-electron chi connectivity index (χ2n) is 5.61. The molecule has 146 valence electrons. The van der Waals surface area contributed by atoms with Crippen LogP contribution in [-0.4, -0.2) is 93.0 Å².